The molecule has 0 atom stereocenters. The summed E-state index contributed by atoms with van der Waals surface area (Å²) < 4.78 is 54.4. The Hall–Kier alpha value is -0.910. The van der Waals surface area contributed by atoms with Crippen molar-refractivity contribution >= 4 is 12.6 Å². The van der Waals surface area contributed by atoms with E-state index in [1.165, 1.54) is 0 Å². The first-order chi connectivity index (χ1) is 6.95. The molecule has 0 N–H and O–H groups in total. The molecule has 0 aliphatic carbocycles. The largest absolute Gasteiger partial charge is 0.493 e. The monoisotopic (exact) mass is 240 g/mol. The van der Waals surface area contributed by atoms with Crippen molar-refractivity contribution in [1.29, 1.82) is 0 Å². The molecular formula is C9H8F4OS. The lowest BCUT2D eigenvalue weighted by Crippen LogP contribution is -2.09. The van der Waals surface area contributed by atoms with Crippen molar-refractivity contribution in [1.82, 2.24) is 0 Å². The molecule has 0 spiro atoms. The van der Waals surface area contributed by atoms with Gasteiger partial charge in [0.05, 0.1) is 12.2 Å². The Balaban J connectivity index is 2.95. The fourth-order valence-electron chi connectivity index (χ4n) is 0.975. The molecule has 0 radical (unpaired) electrons. The Labute approximate surface area is 89.5 Å². The van der Waals surface area contributed by atoms with Crippen LogP contribution in [0.1, 0.15) is 5.56 Å². The van der Waals surface area contributed by atoms with Crippen molar-refractivity contribution in [2.75, 3.05) is 12.4 Å². The second-order valence-corrected chi connectivity index (χ2v) is 3.16. The normalized spacial score (nSPS) is 11.5. The molecule has 0 unspecified atom stereocenters. The summed E-state index contributed by atoms with van der Waals surface area (Å²) in [5.41, 5.74) is -1.32. The highest BCUT2D eigenvalue weighted by Crippen LogP contribution is 2.33. The van der Waals surface area contributed by atoms with E-state index in [1.807, 2.05) is 0 Å². The van der Waals surface area contributed by atoms with E-state index in [2.05, 4.69) is 12.6 Å². The number of hydrogen-bond acceptors (Lipinski definition) is 2. The average molecular weight is 240 g/mol. The van der Waals surface area contributed by atoms with Gasteiger partial charge in [-0.05, 0) is 18.2 Å². The van der Waals surface area contributed by atoms with Crippen LogP contribution in [0.25, 0.3) is 0 Å². The summed E-state index contributed by atoms with van der Waals surface area (Å²) in [6, 6.07) is 2.52. The van der Waals surface area contributed by atoms with Crippen molar-refractivity contribution in [3.63, 3.8) is 0 Å². The summed E-state index contributed by atoms with van der Waals surface area (Å²) >= 11 is 3.83. The minimum absolute atomic E-state index is 0.0159. The van der Waals surface area contributed by atoms with Crippen LogP contribution in [0.3, 0.4) is 0 Å². The van der Waals surface area contributed by atoms with Crippen LogP contribution in [0.2, 0.25) is 0 Å². The van der Waals surface area contributed by atoms with E-state index in [4.69, 9.17) is 4.74 Å². The number of benzene rings is 1. The number of ether oxygens (including phenoxy) is 1. The average Bonchev–Trinajstić information content (AvgIpc) is 2.15. The molecule has 1 rings (SSSR count). The van der Waals surface area contributed by atoms with Crippen LogP contribution in [-0.4, -0.2) is 12.4 Å². The molecule has 1 aromatic rings. The Bertz CT molecular complexity index is 337. The lowest BCUT2D eigenvalue weighted by molar-refractivity contribution is -0.140. The molecule has 0 bridgehead atoms. The molecule has 0 fully saturated rings. The van der Waals surface area contributed by atoms with E-state index < -0.39 is 17.6 Å². The predicted octanol–water partition coefficient (Wildman–Crippen LogP) is 3.15. The van der Waals surface area contributed by atoms with Gasteiger partial charge in [0.2, 0.25) is 0 Å². The molecule has 0 aliphatic heterocycles. The minimum atomic E-state index is -4.70. The van der Waals surface area contributed by atoms with Crippen molar-refractivity contribution in [2.24, 2.45) is 0 Å². The lowest BCUT2D eigenvalue weighted by Gasteiger charge is -2.10. The van der Waals surface area contributed by atoms with Crippen molar-refractivity contribution in [3.05, 3.63) is 29.6 Å². The second kappa shape index (κ2) is 4.74. The summed E-state index contributed by atoms with van der Waals surface area (Å²) in [4.78, 5) is 0. The molecule has 0 aliphatic rings. The van der Waals surface area contributed by atoms with Gasteiger partial charge in [0.1, 0.15) is 11.6 Å². The summed E-state index contributed by atoms with van der Waals surface area (Å²) in [7, 11) is 0. The topological polar surface area (TPSA) is 9.23 Å². The molecule has 0 saturated carbocycles. The van der Waals surface area contributed by atoms with Gasteiger partial charge in [0.25, 0.3) is 0 Å². The van der Waals surface area contributed by atoms with Crippen molar-refractivity contribution in [2.45, 2.75) is 6.18 Å². The molecule has 15 heavy (non-hydrogen) atoms. The van der Waals surface area contributed by atoms with Crippen LogP contribution >= 0.6 is 12.6 Å². The zero-order chi connectivity index (χ0) is 11.5. The second-order valence-electron chi connectivity index (χ2n) is 2.71. The maximum Gasteiger partial charge on any atom is 0.419 e. The van der Waals surface area contributed by atoms with Gasteiger partial charge < -0.3 is 4.74 Å². The van der Waals surface area contributed by atoms with Gasteiger partial charge >= 0.3 is 6.18 Å². The summed E-state index contributed by atoms with van der Waals surface area (Å²) in [6.45, 7) is 0.173. The van der Waals surface area contributed by atoms with Crippen LogP contribution in [0.5, 0.6) is 5.75 Å². The van der Waals surface area contributed by atoms with Crippen LogP contribution in [0.4, 0.5) is 17.6 Å². The van der Waals surface area contributed by atoms with E-state index >= 15 is 0 Å². The minimum Gasteiger partial charge on any atom is -0.493 e. The number of thiol groups is 1. The molecular weight excluding hydrogens is 232 g/mol. The van der Waals surface area contributed by atoms with Gasteiger partial charge in [-0.15, -0.1) is 0 Å². The van der Waals surface area contributed by atoms with E-state index in [1.54, 1.807) is 0 Å². The van der Waals surface area contributed by atoms with Crippen molar-refractivity contribution in [3.8, 4) is 5.75 Å². The lowest BCUT2D eigenvalue weighted by atomic mass is 10.2. The van der Waals surface area contributed by atoms with E-state index in [-0.39, 0.29) is 12.4 Å². The zero-order valence-electron chi connectivity index (χ0n) is 7.51. The summed E-state index contributed by atoms with van der Waals surface area (Å²) in [6.07, 6.45) is -4.70. The van der Waals surface area contributed by atoms with Gasteiger partial charge in [-0.1, -0.05) is 0 Å². The molecule has 1 nitrogen and oxygen atoms in total. The van der Waals surface area contributed by atoms with Crippen LogP contribution in [0.15, 0.2) is 18.2 Å². The third-order valence-corrected chi connectivity index (χ3v) is 1.79. The Kier molecular flexibility index (Phi) is 3.84. The van der Waals surface area contributed by atoms with Crippen LogP contribution < -0.4 is 4.74 Å². The number of rotatable bonds is 3. The van der Waals surface area contributed by atoms with Gasteiger partial charge in [-0.3, -0.25) is 0 Å². The summed E-state index contributed by atoms with van der Waals surface area (Å²) in [5.74, 6) is -0.947. The zero-order valence-corrected chi connectivity index (χ0v) is 8.41. The number of halogens is 4. The Morgan fingerprint density at radius 1 is 1.27 bits per heavy atom. The Morgan fingerprint density at radius 2 is 1.93 bits per heavy atom. The molecule has 6 heteroatoms. The molecule has 84 valence electrons. The number of hydrogen-bond donors (Lipinski definition) is 1. The fourth-order valence-corrected chi connectivity index (χ4v) is 1.07. The highest BCUT2D eigenvalue weighted by Gasteiger charge is 2.34. The third kappa shape index (κ3) is 3.30. The number of alkyl halides is 3. The van der Waals surface area contributed by atoms with Gasteiger partial charge in [0.15, 0.2) is 0 Å². The van der Waals surface area contributed by atoms with Crippen LogP contribution in [-0.2, 0) is 6.18 Å². The molecule has 0 heterocycles. The fraction of sp³-hybridized carbons (Fsp3) is 0.333. The molecule has 0 aromatic heterocycles. The highest BCUT2D eigenvalue weighted by atomic mass is 32.1. The SMILES string of the molecule is Fc1ccc(OCCS)cc1C(F)(F)F. The molecule has 0 amide bonds. The maximum atomic E-state index is 12.8. The first-order valence-electron chi connectivity index (χ1n) is 4.05. The van der Waals surface area contributed by atoms with Crippen molar-refractivity contribution < 1.29 is 22.3 Å². The maximum absolute atomic E-state index is 12.8. The Morgan fingerprint density at radius 3 is 2.47 bits per heavy atom. The van der Waals surface area contributed by atoms with Gasteiger partial charge in [0, 0.05) is 5.75 Å². The molecule has 0 saturated heterocycles. The van der Waals surface area contributed by atoms with Gasteiger partial charge in [-0.25, -0.2) is 4.39 Å². The molecule has 1 aromatic carbocycles. The third-order valence-electron chi connectivity index (χ3n) is 1.60. The predicted molar refractivity (Wildman–Crippen MR) is 50.8 cm³/mol. The first kappa shape index (κ1) is 12.2. The van der Waals surface area contributed by atoms with E-state index in [0.29, 0.717) is 11.8 Å². The summed E-state index contributed by atoms with van der Waals surface area (Å²) in [5, 5.41) is 0. The quantitative estimate of drug-likeness (QED) is 0.630. The van der Waals surface area contributed by atoms with Gasteiger partial charge in [-0.2, -0.15) is 25.8 Å². The highest BCUT2D eigenvalue weighted by molar-refractivity contribution is 7.80. The van der Waals surface area contributed by atoms with E-state index in [9.17, 15) is 17.6 Å². The standard InChI is InChI=1S/C9H8F4OS/c10-8-2-1-6(14-3-4-15)5-7(8)9(11,12)13/h1-2,5,15H,3-4H2. The first-order valence-corrected chi connectivity index (χ1v) is 4.69. The smallest absolute Gasteiger partial charge is 0.419 e. The van der Waals surface area contributed by atoms with Crippen LogP contribution in [0, 0.1) is 5.82 Å². The van der Waals surface area contributed by atoms with E-state index in [0.717, 1.165) is 12.1 Å².